The second kappa shape index (κ2) is 9.62. The van der Waals surface area contributed by atoms with Gasteiger partial charge in [0.2, 0.25) is 5.95 Å². The molecule has 1 atom stereocenters. The molecule has 0 saturated carbocycles. The zero-order valence-corrected chi connectivity index (χ0v) is 13.9. The molecule has 2 rings (SSSR count). The molecule has 0 radical (unpaired) electrons. The quantitative estimate of drug-likeness (QED) is 0.622. The normalized spacial score (nSPS) is 11.9. The van der Waals surface area contributed by atoms with Crippen LogP contribution in [-0.4, -0.2) is 27.1 Å². The van der Waals surface area contributed by atoms with E-state index < -0.39 is 12.0 Å². The van der Waals surface area contributed by atoms with Crippen molar-refractivity contribution in [3.63, 3.8) is 0 Å². The van der Waals surface area contributed by atoms with E-state index >= 15 is 0 Å². The molecule has 6 nitrogen and oxygen atoms in total. The molecule has 0 aliphatic carbocycles. The number of aromatic nitrogens is 2. The first kappa shape index (κ1) is 17.9. The highest BCUT2D eigenvalue weighted by atomic mass is 16.4. The zero-order chi connectivity index (χ0) is 17.2. The van der Waals surface area contributed by atoms with Gasteiger partial charge in [0.1, 0.15) is 6.04 Å². The summed E-state index contributed by atoms with van der Waals surface area (Å²) >= 11 is 0. The third-order valence-electron chi connectivity index (χ3n) is 3.70. The Morgan fingerprint density at radius 1 is 1.12 bits per heavy atom. The second-order valence-electron chi connectivity index (χ2n) is 5.67. The molecule has 3 N–H and O–H groups in total. The number of hydrogen-bond donors (Lipinski definition) is 3. The summed E-state index contributed by atoms with van der Waals surface area (Å²) < 4.78 is 0. The highest BCUT2D eigenvalue weighted by Crippen LogP contribution is 2.06. The van der Waals surface area contributed by atoms with Crippen LogP contribution in [0.15, 0.2) is 42.7 Å². The average Bonchev–Trinajstić information content (AvgIpc) is 2.61. The van der Waals surface area contributed by atoms with Crippen LogP contribution in [0.4, 0.5) is 5.95 Å². The van der Waals surface area contributed by atoms with E-state index in [9.17, 15) is 9.90 Å². The van der Waals surface area contributed by atoms with Crippen molar-refractivity contribution in [3.05, 3.63) is 53.9 Å². The van der Waals surface area contributed by atoms with Gasteiger partial charge in [-0.25, -0.2) is 9.97 Å². The van der Waals surface area contributed by atoms with Crippen molar-refractivity contribution in [1.29, 1.82) is 0 Å². The van der Waals surface area contributed by atoms with Crippen molar-refractivity contribution >= 4 is 11.9 Å². The number of carboxylic acid groups (broad SMARTS) is 1. The standard InChI is InChI=1S/C18H24N4O2/c1-2-3-9-16(17(23)24)19-11-15-12-21-18(22-13-15)20-10-14-7-5-4-6-8-14/h4-8,12-13,16,19H,2-3,9-11H2,1H3,(H,23,24)(H,20,21,22). The smallest absolute Gasteiger partial charge is 0.320 e. The molecule has 0 fully saturated rings. The Kier molecular flexibility index (Phi) is 7.17. The molecule has 24 heavy (non-hydrogen) atoms. The summed E-state index contributed by atoms with van der Waals surface area (Å²) in [5, 5.41) is 15.4. The number of rotatable bonds is 10. The second-order valence-corrected chi connectivity index (χ2v) is 5.67. The monoisotopic (exact) mass is 328 g/mol. The minimum atomic E-state index is -0.814. The van der Waals surface area contributed by atoms with Crippen molar-refractivity contribution in [2.45, 2.75) is 45.3 Å². The van der Waals surface area contributed by atoms with Gasteiger partial charge in [-0.05, 0) is 12.0 Å². The number of hydrogen-bond acceptors (Lipinski definition) is 5. The summed E-state index contributed by atoms with van der Waals surface area (Å²) in [7, 11) is 0. The Morgan fingerprint density at radius 3 is 2.46 bits per heavy atom. The van der Waals surface area contributed by atoms with Crippen LogP contribution in [0.2, 0.25) is 0 Å². The molecular formula is C18H24N4O2. The van der Waals surface area contributed by atoms with Crippen LogP contribution in [0.5, 0.6) is 0 Å². The SMILES string of the molecule is CCCCC(NCc1cnc(NCc2ccccc2)nc1)C(=O)O. The molecule has 0 amide bonds. The predicted molar refractivity (Wildman–Crippen MR) is 93.6 cm³/mol. The van der Waals surface area contributed by atoms with Crippen LogP contribution in [-0.2, 0) is 17.9 Å². The van der Waals surface area contributed by atoms with E-state index in [0.717, 1.165) is 24.0 Å². The van der Waals surface area contributed by atoms with E-state index in [0.29, 0.717) is 25.5 Å². The van der Waals surface area contributed by atoms with Gasteiger partial charge in [-0.15, -0.1) is 0 Å². The van der Waals surface area contributed by atoms with E-state index in [-0.39, 0.29) is 0 Å². The van der Waals surface area contributed by atoms with E-state index in [1.165, 1.54) is 0 Å². The fourth-order valence-corrected chi connectivity index (χ4v) is 2.28. The fourth-order valence-electron chi connectivity index (χ4n) is 2.28. The molecule has 0 bridgehead atoms. The van der Waals surface area contributed by atoms with Crippen molar-refractivity contribution in [2.24, 2.45) is 0 Å². The molecule has 0 aliphatic heterocycles. The average molecular weight is 328 g/mol. The topological polar surface area (TPSA) is 87.1 Å². The number of aliphatic carboxylic acids is 1. The van der Waals surface area contributed by atoms with Crippen LogP contribution in [0, 0.1) is 0 Å². The van der Waals surface area contributed by atoms with Crippen LogP contribution >= 0.6 is 0 Å². The first-order chi connectivity index (χ1) is 11.7. The maximum atomic E-state index is 11.2. The highest BCUT2D eigenvalue weighted by Gasteiger charge is 2.15. The molecule has 1 aromatic heterocycles. The molecule has 128 valence electrons. The Labute approximate surface area is 142 Å². The van der Waals surface area contributed by atoms with Crippen molar-refractivity contribution in [2.75, 3.05) is 5.32 Å². The van der Waals surface area contributed by atoms with Gasteiger partial charge in [-0.3, -0.25) is 4.79 Å². The molecule has 1 heterocycles. The van der Waals surface area contributed by atoms with Gasteiger partial charge in [-0.1, -0.05) is 50.1 Å². The van der Waals surface area contributed by atoms with Crippen molar-refractivity contribution < 1.29 is 9.90 Å². The molecule has 1 unspecified atom stereocenters. The summed E-state index contributed by atoms with van der Waals surface area (Å²) in [4.78, 5) is 19.7. The van der Waals surface area contributed by atoms with Crippen LogP contribution < -0.4 is 10.6 Å². The van der Waals surface area contributed by atoms with E-state index in [1.807, 2.05) is 37.3 Å². The van der Waals surface area contributed by atoms with E-state index in [4.69, 9.17) is 0 Å². The molecule has 1 aromatic carbocycles. The number of nitrogens with one attached hydrogen (secondary N) is 2. The molecule has 0 aliphatic rings. The van der Waals surface area contributed by atoms with Gasteiger partial charge >= 0.3 is 5.97 Å². The van der Waals surface area contributed by atoms with Gasteiger partial charge in [-0.2, -0.15) is 0 Å². The number of nitrogens with zero attached hydrogens (tertiary/aromatic N) is 2. The largest absolute Gasteiger partial charge is 0.480 e. The first-order valence-corrected chi connectivity index (χ1v) is 8.24. The number of anilines is 1. The number of benzene rings is 1. The number of unbranched alkanes of at least 4 members (excludes halogenated alkanes) is 1. The Morgan fingerprint density at radius 2 is 1.83 bits per heavy atom. The minimum absolute atomic E-state index is 0.444. The molecule has 6 heteroatoms. The third-order valence-corrected chi connectivity index (χ3v) is 3.70. The predicted octanol–water partition coefficient (Wildman–Crippen LogP) is 2.82. The fraction of sp³-hybridized carbons (Fsp3) is 0.389. The molecule has 2 aromatic rings. The summed E-state index contributed by atoms with van der Waals surface area (Å²) in [6.45, 7) is 3.16. The lowest BCUT2D eigenvalue weighted by molar-refractivity contribution is -0.139. The maximum Gasteiger partial charge on any atom is 0.320 e. The highest BCUT2D eigenvalue weighted by molar-refractivity contribution is 5.73. The van der Waals surface area contributed by atoms with Crippen LogP contribution in [0.25, 0.3) is 0 Å². The number of carbonyl (C=O) groups is 1. The Balaban J connectivity index is 1.81. The number of carboxylic acids is 1. The summed E-state index contributed by atoms with van der Waals surface area (Å²) in [5.74, 6) is -0.256. The minimum Gasteiger partial charge on any atom is -0.480 e. The zero-order valence-electron chi connectivity index (χ0n) is 13.9. The summed E-state index contributed by atoms with van der Waals surface area (Å²) in [6.07, 6.45) is 5.93. The van der Waals surface area contributed by atoms with Gasteiger partial charge in [0, 0.05) is 31.0 Å². The third kappa shape index (κ3) is 5.96. The first-order valence-electron chi connectivity index (χ1n) is 8.24. The van der Waals surface area contributed by atoms with E-state index in [1.54, 1.807) is 12.4 Å². The maximum absolute atomic E-state index is 11.2. The summed E-state index contributed by atoms with van der Waals surface area (Å²) in [5.41, 5.74) is 2.02. The van der Waals surface area contributed by atoms with Crippen molar-refractivity contribution in [3.8, 4) is 0 Å². The van der Waals surface area contributed by atoms with Gasteiger partial charge in [0.05, 0.1) is 0 Å². The Bertz CT molecular complexity index is 617. The molecular weight excluding hydrogens is 304 g/mol. The van der Waals surface area contributed by atoms with Crippen LogP contribution in [0.3, 0.4) is 0 Å². The molecule has 0 spiro atoms. The summed E-state index contributed by atoms with van der Waals surface area (Å²) in [6, 6.07) is 9.50. The van der Waals surface area contributed by atoms with Crippen LogP contribution in [0.1, 0.15) is 37.3 Å². The van der Waals surface area contributed by atoms with Gasteiger partial charge < -0.3 is 15.7 Å². The lowest BCUT2D eigenvalue weighted by Gasteiger charge is -2.13. The van der Waals surface area contributed by atoms with Gasteiger partial charge in [0.25, 0.3) is 0 Å². The van der Waals surface area contributed by atoms with Gasteiger partial charge in [0.15, 0.2) is 0 Å². The lowest BCUT2D eigenvalue weighted by Crippen LogP contribution is -2.36. The Hall–Kier alpha value is -2.47. The molecule has 0 saturated heterocycles. The lowest BCUT2D eigenvalue weighted by atomic mass is 10.1. The van der Waals surface area contributed by atoms with Crippen molar-refractivity contribution in [1.82, 2.24) is 15.3 Å². The van der Waals surface area contributed by atoms with E-state index in [2.05, 4.69) is 20.6 Å².